The topological polar surface area (TPSA) is 44.7 Å². The van der Waals surface area contributed by atoms with Gasteiger partial charge in [-0.05, 0) is 19.5 Å². The van der Waals surface area contributed by atoms with Crippen molar-refractivity contribution in [1.82, 2.24) is 10.2 Å². The van der Waals surface area contributed by atoms with E-state index in [4.69, 9.17) is 4.74 Å². The van der Waals surface area contributed by atoms with Crippen LogP contribution in [0.5, 0.6) is 0 Å². The lowest BCUT2D eigenvalue weighted by molar-refractivity contribution is 0.0642. The molecule has 0 aromatic rings. The van der Waals surface area contributed by atoms with Gasteiger partial charge in [-0.1, -0.05) is 13.8 Å². The van der Waals surface area contributed by atoms with E-state index in [1.165, 1.54) is 6.42 Å². The van der Waals surface area contributed by atoms with Crippen molar-refractivity contribution in [1.29, 1.82) is 0 Å². The molecule has 0 aliphatic rings. The van der Waals surface area contributed by atoms with Crippen molar-refractivity contribution >= 4 is 0 Å². The van der Waals surface area contributed by atoms with Gasteiger partial charge in [0.15, 0.2) is 0 Å². The maximum absolute atomic E-state index is 9.37. The number of hydrogen-bond donors (Lipinski definition) is 2. The quantitative estimate of drug-likeness (QED) is 0.518. The third-order valence-electron chi connectivity index (χ3n) is 2.33. The molecule has 0 radical (unpaired) electrons. The zero-order valence-corrected chi connectivity index (χ0v) is 10.3. The Hall–Kier alpha value is -0.160. The van der Waals surface area contributed by atoms with E-state index >= 15 is 0 Å². The molecule has 1 atom stereocenters. The van der Waals surface area contributed by atoms with Crippen LogP contribution in [0.4, 0.5) is 0 Å². The summed E-state index contributed by atoms with van der Waals surface area (Å²) in [5.41, 5.74) is 0. The average Bonchev–Trinajstić information content (AvgIpc) is 2.23. The van der Waals surface area contributed by atoms with E-state index in [0.29, 0.717) is 13.2 Å². The lowest BCUT2D eigenvalue weighted by Gasteiger charge is -2.20. The number of ether oxygens (including phenoxy) is 1. The van der Waals surface area contributed by atoms with Crippen LogP contribution < -0.4 is 5.32 Å². The molecule has 0 spiro atoms. The molecule has 0 bridgehead atoms. The molecule has 15 heavy (non-hydrogen) atoms. The number of aliphatic hydroxyl groups excluding tert-OH is 1. The van der Waals surface area contributed by atoms with Gasteiger partial charge in [0.1, 0.15) is 0 Å². The molecule has 0 aliphatic heterocycles. The van der Waals surface area contributed by atoms with Crippen LogP contribution in [0.3, 0.4) is 0 Å². The van der Waals surface area contributed by atoms with Gasteiger partial charge in [-0.3, -0.25) is 0 Å². The Labute approximate surface area is 93.6 Å². The second-order valence-corrected chi connectivity index (χ2v) is 3.75. The molecule has 92 valence electrons. The third kappa shape index (κ3) is 8.81. The first-order chi connectivity index (χ1) is 7.24. The first-order valence-corrected chi connectivity index (χ1v) is 5.84. The molecule has 4 heteroatoms. The van der Waals surface area contributed by atoms with Crippen LogP contribution in [-0.2, 0) is 4.74 Å². The predicted molar refractivity (Wildman–Crippen MR) is 63.2 cm³/mol. The maximum atomic E-state index is 9.37. The summed E-state index contributed by atoms with van der Waals surface area (Å²) < 4.78 is 4.84. The van der Waals surface area contributed by atoms with E-state index in [0.717, 1.165) is 26.2 Å². The molecule has 0 aromatic carbocycles. The minimum Gasteiger partial charge on any atom is -0.389 e. The van der Waals surface area contributed by atoms with Crippen molar-refractivity contribution in [3.8, 4) is 0 Å². The van der Waals surface area contributed by atoms with Crippen molar-refractivity contribution in [3.05, 3.63) is 0 Å². The van der Waals surface area contributed by atoms with E-state index in [2.05, 4.69) is 24.1 Å². The molecule has 4 nitrogen and oxygen atoms in total. The zero-order chi connectivity index (χ0) is 11.5. The van der Waals surface area contributed by atoms with E-state index in [9.17, 15) is 5.11 Å². The zero-order valence-electron chi connectivity index (χ0n) is 10.3. The number of methoxy groups -OCH3 is 1. The van der Waals surface area contributed by atoms with Crippen LogP contribution in [-0.4, -0.2) is 62.6 Å². The highest BCUT2D eigenvalue weighted by molar-refractivity contribution is 4.61. The van der Waals surface area contributed by atoms with E-state index in [1.807, 2.05) is 0 Å². The summed E-state index contributed by atoms with van der Waals surface area (Å²) in [6.45, 7) is 9.60. The summed E-state index contributed by atoms with van der Waals surface area (Å²) in [5, 5.41) is 12.6. The summed E-state index contributed by atoms with van der Waals surface area (Å²) in [6.07, 6.45) is 0.802. The van der Waals surface area contributed by atoms with Gasteiger partial charge >= 0.3 is 0 Å². The standard InChI is InChI=1S/C11H26N2O2/c1-4-7-13(5-2)8-6-12-9-11(14)10-15-3/h11-12,14H,4-10H2,1-3H3. The number of nitrogens with one attached hydrogen (secondary N) is 1. The number of nitrogens with zero attached hydrogens (tertiary/aromatic N) is 1. The van der Waals surface area contributed by atoms with Crippen molar-refractivity contribution in [2.24, 2.45) is 0 Å². The second-order valence-electron chi connectivity index (χ2n) is 3.75. The normalized spacial score (nSPS) is 13.4. The molecule has 0 aromatic heterocycles. The Morgan fingerprint density at radius 3 is 2.60 bits per heavy atom. The van der Waals surface area contributed by atoms with Crippen LogP contribution >= 0.6 is 0 Å². The van der Waals surface area contributed by atoms with Gasteiger partial charge in [0.25, 0.3) is 0 Å². The molecule has 0 saturated carbocycles. The molecule has 0 fully saturated rings. The summed E-state index contributed by atoms with van der Waals surface area (Å²) in [6, 6.07) is 0. The monoisotopic (exact) mass is 218 g/mol. The second kappa shape index (κ2) is 10.4. The molecule has 0 saturated heterocycles. The lowest BCUT2D eigenvalue weighted by atomic mass is 10.3. The molecule has 0 aliphatic carbocycles. The average molecular weight is 218 g/mol. The number of aliphatic hydroxyl groups is 1. The van der Waals surface area contributed by atoms with Crippen LogP contribution in [0.2, 0.25) is 0 Å². The smallest absolute Gasteiger partial charge is 0.0897 e. The number of rotatable bonds is 10. The van der Waals surface area contributed by atoms with Crippen LogP contribution in [0.15, 0.2) is 0 Å². The predicted octanol–water partition coefficient (Wildman–Crippen LogP) is 0.315. The first kappa shape index (κ1) is 14.8. The van der Waals surface area contributed by atoms with Gasteiger partial charge in [-0.25, -0.2) is 0 Å². The first-order valence-electron chi connectivity index (χ1n) is 5.84. The Balaban J connectivity index is 3.35. The van der Waals surface area contributed by atoms with Gasteiger partial charge < -0.3 is 20.1 Å². The maximum Gasteiger partial charge on any atom is 0.0897 e. The Morgan fingerprint density at radius 2 is 2.07 bits per heavy atom. The molecule has 1 unspecified atom stereocenters. The Bertz CT molecular complexity index is 134. The highest BCUT2D eigenvalue weighted by Gasteiger charge is 2.03. The molecule has 0 rings (SSSR count). The van der Waals surface area contributed by atoms with Crippen LogP contribution in [0.25, 0.3) is 0 Å². The fourth-order valence-electron chi connectivity index (χ4n) is 1.50. The van der Waals surface area contributed by atoms with Crippen LogP contribution in [0, 0.1) is 0 Å². The lowest BCUT2D eigenvalue weighted by Crippen LogP contribution is -2.36. The highest BCUT2D eigenvalue weighted by Crippen LogP contribution is 1.89. The minimum absolute atomic E-state index is 0.392. The summed E-state index contributed by atoms with van der Waals surface area (Å²) >= 11 is 0. The summed E-state index contributed by atoms with van der Waals surface area (Å²) in [7, 11) is 1.60. The number of likely N-dealkylation sites (N-methyl/N-ethyl adjacent to an activating group) is 1. The van der Waals surface area contributed by atoms with E-state index in [1.54, 1.807) is 7.11 Å². The van der Waals surface area contributed by atoms with Gasteiger partial charge in [-0.15, -0.1) is 0 Å². The molecular weight excluding hydrogens is 192 g/mol. The van der Waals surface area contributed by atoms with Gasteiger partial charge in [-0.2, -0.15) is 0 Å². The molecule has 2 N–H and O–H groups in total. The van der Waals surface area contributed by atoms with Gasteiger partial charge in [0.2, 0.25) is 0 Å². The fourth-order valence-corrected chi connectivity index (χ4v) is 1.50. The molecular formula is C11H26N2O2. The Kier molecular flexibility index (Phi) is 10.3. The minimum atomic E-state index is -0.392. The fraction of sp³-hybridized carbons (Fsp3) is 1.00. The van der Waals surface area contributed by atoms with Gasteiger partial charge in [0.05, 0.1) is 12.7 Å². The van der Waals surface area contributed by atoms with Crippen LogP contribution in [0.1, 0.15) is 20.3 Å². The SMILES string of the molecule is CCCN(CC)CCNCC(O)COC. The third-order valence-corrected chi connectivity index (χ3v) is 2.33. The molecule has 0 heterocycles. The van der Waals surface area contributed by atoms with Crippen molar-refractivity contribution in [3.63, 3.8) is 0 Å². The van der Waals surface area contributed by atoms with Crippen molar-refractivity contribution < 1.29 is 9.84 Å². The highest BCUT2D eigenvalue weighted by atomic mass is 16.5. The number of hydrogen-bond acceptors (Lipinski definition) is 4. The van der Waals surface area contributed by atoms with E-state index < -0.39 is 6.10 Å². The van der Waals surface area contributed by atoms with Crippen molar-refractivity contribution in [2.45, 2.75) is 26.4 Å². The van der Waals surface area contributed by atoms with E-state index in [-0.39, 0.29) is 0 Å². The summed E-state index contributed by atoms with van der Waals surface area (Å²) in [4.78, 5) is 2.40. The summed E-state index contributed by atoms with van der Waals surface area (Å²) in [5.74, 6) is 0. The largest absolute Gasteiger partial charge is 0.389 e. The van der Waals surface area contributed by atoms with Gasteiger partial charge in [0, 0.05) is 26.7 Å². The Morgan fingerprint density at radius 1 is 1.33 bits per heavy atom. The van der Waals surface area contributed by atoms with Crippen molar-refractivity contribution in [2.75, 3.05) is 46.4 Å². The molecule has 0 amide bonds.